The highest BCUT2D eigenvalue weighted by Crippen LogP contribution is 2.47. The van der Waals surface area contributed by atoms with Crippen molar-refractivity contribution < 1.29 is 0 Å². The summed E-state index contributed by atoms with van der Waals surface area (Å²) in [4.78, 5) is 0. The number of hydrogen-bond donors (Lipinski definition) is 0. The average Bonchev–Trinajstić information content (AvgIpc) is 2.54. The molecule has 2 unspecified atom stereocenters. The second-order valence-corrected chi connectivity index (χ2v) is 13.5. The Bertz CT molecular complexity index is 788. The van der Waals surface area contributed by atoms with Gasteiger partial charge in [-0.05, 0) is 82.0 Å². The lowest BCUT2D eigenvalue weighted by Crippen LogP contribution is -2.27. The Kier molecular flexibility index (Phi) is 8.10. The van der Waals surface area contributed by atoms with Gasteiger partial charge in [0.25, 0.3) is 0 Å². The predicted molar refractivity (Wildman–Crippen MR) is 140 cm³/mol. The monoisotopic (exact) mass is 422 g/mol. The number of aryl methyl sites for hydroxylation is 1. The van der Waals surface area contributed by atoms with Crippen molar-refractivity contribution in [3.63, 3.8) is 0 Å². The normalized spacial score (nSPS) is 18.0. The van der Waals surface area contributed by atoms with Crippen LogP contribution in [0.4, 0.5) is 0 Å². The highest BCUT2D eigenvalue weighted by Gasteiger charge is 2.34. The molecule has 174 valence electrons. The second-order valence-electron chi connectivity index (χ2n) is 13.5. The van der Waals surface area contributed by atoms with E-state index in [1.165, 1.54) is 36.8 Å². The summed E-state index contributed by atoms with van der Waals surface area (Å²) in [5.41, 5.74) is 7.20. The van der Waals surface area contributed by atoms with E-state index in [0.29, 0.717) is 28.6 Å². The van der Waals surface area contributed by atoms with Crippen molar-refractivity contribution in [3.8, 4) is 0 Å². The lowest BCUT2D eigenvalue weighted by atomic mass is 9.65. The van der Waals surface area contributed by atoms with Crippen molar-refractivity contribution in [1.82, 2.24) is 0 Å². The van der Waals surface area contributed by atoms with E-state index < -0.39 is 0 Å². The molecule has 2 rings (SSSR count). The van der Waals surface area contributed by atoms with Crippen LogP contribution in [0, 0.1) is 28.1 Å². The van der Waals surface area contributed by atoms with Gasteiger partial charge in [-0.15, -0.1) is 0 Å². The zero-order chi connectivity index (χ0) is 23.6. The minimum absolute atomic E-state index is 0.259. The molecule has 0 bridgehead atoms. The minimum atomic E-state index is 0.259. The van der Waals surface area contributed by atoms with Crippen LogP contribution in [0.3, 0.4) is 0 Å². The lowest BCUT2D eigenvalue weighted by molar-refractivity contribution is 0.248. The van der Waals surface area contributed by atoms with Crippen LogP contribution in [-0.4, -0.2) is 0 Å². The van der Waals surface area contributed by atoms with Crippen LogP contribution in [0.2, 0.25) is 0 Å². The molecule has 1 aliphatic rings. The van der Waals surface area contributed by atoms with Gasteiger partial charge in [0.2, 0.25) is 0 Å². The number of hydrogen-bond acceptors (Lipinski definition) is 0. The number of benzene rings is 1. The van der Waals surface area contributed by atoms with E-state index in [1.54, 1.807) is 11.1 Å². The molecule has 0 spiro atoms. The summed E-state index contributed by atoms with van der Waals surface area (Å²) in [6.45, 7) is 26.2. The van der Waals surface area contributed by atoms with Gasteiger partial charge in [0, 0.05) is 0 Å². The van der Waals surface area contributed by atoms with Crippen LogP contribution < -0.4 is 0 Å². The lowest BCUT2D eigenvalue weighted by Gasteiger charge is -2.40. The van der Waals surface area contributed by atoms with Crippen molar-refractivity contribution in [2.45, 2.75) is 108 Å². The number of allylic oxidation sites excluding steroid dienone is 4. The van der Waals surface area contributed by atoms with Gasteiger partial charge < -0.3 is 0 Å². The topological polar surface area (TPSA) is 0 Å². The third-order valence-corrected chi connectivity index (χ3v) is 7.10. The summed E-state index contributed by atoms with van der Waals surface area (Å²) in [5, 5.41) is 0. The van der Waals surface area contributed by atoms with E-state index in [2.05, 4.69) is 113 Å². The first-order valence-corrected chi connectivity index (χ1v) is 12.6. The van der Waals surface area contributed by atoms with Gasteiger partial charge in [0.1, 0.15) is 0 Å². The highest BCUT2D eigenvalue weighted by molar-refractivity contribution is 5.50. The molecule has 0 aliphatic heterocycles. The predicted octanol–water partition coefficient (Wildman–Crippen LogP) is 9.76. The molecule has 31 heavy (non-hydrogen) atoms. The van der Waals surface area contributed by atoms with Gasteiger partial charge in [-0.1, -0.05) is 113 Å². The first kappa shape index (κ1) is 26.0. The van der Waals surface area contributed by atoms with Gasteiger partial charge in [-0.2, -0.15) is 0 Å². The Balaban J connectivity index is 1.97. The molecule has 3 atom stereocenters. The first-order valence-electron chi connectivity index (χ1n) is 12.6. The average molecular weight is 423 g/mol. The maximum absolute atomic E-state index is 2.48. The van der Waals surface area contributed by atoms with Crippen molar-refractivity contribution in [3.05, 3.63) is 58.7 Å². The second kappa shape index (κ2) is 9.68. The molecule has 0 saturated heterocycles. The molecule has 0 N–H and O–H groups in total. The highest BCUT2D eigenvalue weighted by atomic mass is 14.4. The molecular weight excluding hydrogens is 372 g/mol. The van der Waals surface area contributed by atoms with Crippen molar-refractivity contribution in [1.29, 1.82) is 0 Å². The van der Waals surface area contributed by atoms with E-state index in [9.17, 15) is 0 Å². The van der Waals surface area contributed by atoms with Gasteiger partial charge in [0.15, 0.2) is 0 Å². The maximum atomic E-state index is 2.48. The van der Waals surface area contributed by atoms with Crippen LogP contribution in [0.25, 0.3) is 0 Å². The fourth-order valence-corrected chi connectivity index (χ4v) is 5.77. The van der Waals surface area contributed by atoms with Crippen molar-refractivity contribution in [2.24, 2.45) is 28.1 Å². The minimum Gasteiger partial charge on any atom is -0.0619 e. The number of rotatable bonds is 9. The molecule has 0 aromatic heterocycles. The summed E-state index contributed by atoms with van der Waals surface area (Å²) in [7, 11) is 0. The van der Waals surface area contributed by atoms with Crippen LogP contribution in [0.15, 0.2) is 47.6 Å². The summed E-state index contributed by atoms with van der Waals surface area (Å²) in [6.07, 6.45) is 9.63. The van der Waals surface area contributed by atoms with Gasteiger partial charge in [-0.3, -0.25) is 0 Å². The molecule has 0 heterocycles. The molecule has 0 amide bonds. The molecule has 0 saturated carbocycles. The third-order valence-electron chi connectivity index (χ3n) is 7.10. The van der Waals surface area contributed by atoms with Crippen molar-refractivity contribution >= 4 is 0 Å². The molecule has 0 nitrogen and oxygen atoms in total. The van der Waals surface area contributed by atoms with Gasteiger partial charge in [-0.25, -0.2) is 0 Å². The van der Waals surface area contributed by atoms with Crippen LogP contribution >= 0.6 is 0 Å². The Hall–Kier alpha value is -1.30. The van der Waals surface area contributed by atoms with E-state index in [-0.39, 0.29) is 5.41 Å². The molecule has 0 heteroatoms. The SMILES string of the molecule is CC(CC(C)(C)C)C(C)c1cccc(CC[C@@H](C)C2=CC=C2C(C)(C)CC(C)(C)C)c1. The van der Waals surface area contributed by atoms with Crippen LogP contribution in [0.1, 0.15) is 112 Å². The molecule has 1 aromatic carbocycles. The van der Waals surface area contributed by atoms with Crippen LogP contribution in [0.5, 0.6) is 0 Å². The van der Waals surface area contributed by atoms with E-state index in [1.807, 2.05) is 0 Å². The maximum Gasteiger partial charge on any atom is -0.00958 e. The first-order chi connectivity index (χ1) is 14.1. The van der Waals surface area contributed by atoms with E-state index in [0.717, 1.165) is 0 Å². The molecule has 0 radical (unpaired) electrons. The third kappa shape index (κ3) is 7.65. The standard InChI is InChI=1S/C31H50/c1-22(27-17-18-28(27)31(10,11)21-30(7,8)9)15-16-25-13-12-14-26(19-25)24(3)23(2)20-29(4,5)6/h12-14,17-19,22-24H,15-16,20-21H2,1-11H3/t22-,23?,24?/m1/s1. The molecular formula is C31H50. The smallest absolute Gasteiger partial charge is 0.00958 e. The van der Waals surface area contributed by atoms with Gasteiger partial charge >= 0.3 is 0 Å². The van der Waals surface area contributed by atoms with Crippen LogP contribution in [-0.2, 0) is 6.42 Å². The Morgan fingerprint density at radius 1 is 0.806 bits per heavy atom. The molecule has 1 aliphatic carbocycles. The zero-order valence-corrected chi connectivity index (χ0v) is 22.5. The van der Waals surface area contributed by atoms with Gasteiger partial charge in [0.05, 0.1) is 0 Å². The fraction of sp³-hybridized carbons (Fsp3) is 0.677. The Morgan fingerprint density at radius 3 is 1.97 bits per heavy atom. The summed E-state index contributed by atoms with van der Waals surface area (Å²) in [5.74, 6) is 1.94. The fourth-order valence-electron chi connectivity index (χ4n) is 5.77. The van der Waals surface area contributed by atoms with E-state index >= 15 is 0 Å². The summed E-state index contributed by atoms with van der Waals surface area (Å²) < 4.78 is 0. The van der Waals surface area contributed by atoms with E-state index in [4.69, 9.17) is 0 Å². The quantitative estimate of drug-likeness (QED) is 0.371. The molecule has 0 fully saturated rings. The van der Waals surface area contributed by atoms with Crippen molar-refractivity contribution in [2.75, 3.05) is 0 Å². The largest absolute Gasteiger partial charge is 0.0619 e. The Morgan fingerprint density at radius 2 is 1.45 bits per heavy atom. The Labute approximate surface area is 194 Å². The summed E-state index contributed by atoms with van der Waals surface area (Å²) in [6, 6.07) is 9.41. The summed E-state index contributed by atoms with van der Waals surface area (Å²) >= 11 is 0. The zero-order valence-electron chi connectivity index (χ0n) is 22.5. The molecule has 1 aromatic rings.